The molecule has 3 fully saturated rings. The highest BCUT2D eigenvalue weighted by Gasteiger charge is 2.48. The van der Waals surface area contributed by atoms with E-state index in [4.69, 9.17) is 9.73 Å². The summed E-state index contributed by atoms with van der Waals surface area (Å²) in [6.45, 7) is 12.9. The number of carbonyl (C=O) groups excluding carboxylic acids is 2. The molecule has 0 aromatic carbocycles. The maximum Gasteiger partial charge on any atom is 0.322 e. The standard InChI is InChI=1S/C19H34N6O3.HI/c1-4-20-17(21-13-14(2)24-9-11-28-12-10-24)25-7-5-15(6-8-25)19(3)16(26)22-18(27)23-19;/h14-15H,4-13H2,1-3H3,(H,20,21)(H2,22,23,26,27);1H. The van der Waals surface area contributed by atoms with Crippen LogP contribution in [0.2, 0.25) is 0 Å². The molecule has 3 rings (SSSR count). The Morgan fingerprint density at radius 1 is 1.28 bits per heavy atom. The Labute approximate surface area is 190 Å². The number of hydrogen-bond donors (Lipinski definition) is 3. The van der Waals surface area contributed by atoms with Gasteiger partial charge in [-0.1, -0.05) is 0 Å². The minimum atomic E-state index is -0.802. The molecule has 0 radical (unpaired) electrons. The van der Waals surface area contributed by atoms with Crippen molar-refractivity contribution < 1.29 is 14.3 Å². The molecule has 3 aliphatic rings. The summed E-state index contributed by atoms with van der Waals surface area (Å²) in [5.74, 6) is 0.854. The van der Waals surface area contributed by atoms with Crippen LogP contribution in [0.1, 0.15) is 33.6 Å². The van der Waals surface area contributed by atoms with Crippen LogP contribution in [0.4, 0.5) is 4.79 Å². The molecule has 9 nitrogen and oxygen atoms in total. The van der Waals surface area contributed by atoms with E-state index in [0.717, 1.165) is 71.3 Å². The number of likely N-dealkylation sites (tertiary alicyclic amines) is 1. The first kappa shape index (κ1) is 24.1. The van der Waals surface area contributed by atoms with Gasteiger partial charge in [0, 0.05) is 38.8 Å². The summed E-state index contributed by atoms with van der Waals surface area (Å²) in [6.07, 6.45) is 1.68. The zero-order valence-electron chi connectivity index (χ0n) is 17.7. The second kappa shape index (κ2) is 10.8. The molecule has 10 heteroatoms. The van der Waals surface area contributed by atoms with Crippen LogP contribution >= 0.6 is 24.0 Å². The molecule has 166 valence electrons. The van der Waals surface area contributed by atoms with Crippen LogP contribution in [-0.4, -0.2) is 91.8 Å². The van der Waals surface area contributed by atoms with E-state index in [0.29, 0.717) is 6.04 Å². The third kappa shape index (κ3) is 5.72. The molecule has 0 aromatic rings. The van der Waals surface area contributed by atoms with E-state index in [1.165, 1.54) is 0 Å². The van der Waals surface area contributed by atoms with Crippen molar-refractivity contribution in [2.45, 2.75) is 45.2 Å². The van der Waals surface area contributed by atoms with Gasteiger partial charge in [-0.15, -0.1) is 24.0 Å². The van der Waals surface area contributed by atoms with Crippen LogP contribution in [0, 0.1) is 5.92 Å². The predicted octanol–water partition coefficient (Wildman–Crippen LogP) is 0.601. The first-order valence-corrected chi connectivity index (χ1v) is 10.4. The minimum absolute atomic E-state index is 0. The molecule has 2 atom stereocenters. The lowest BCUT2D eigenvalue weighted by Crippen LogP contribution is -2.55. The van der Waals surface area contributed by atoms with E-state index in [9.17, 15) is 9.59 Å². The number of imide groups is 1. The summed E-state index contributed by atoms with van der Waals surface area (Å²) in [7, 11) is 0. The number of nitrogens with zero attached hydrogens (tertiary/aromatic N) is 3. The highest BCUT2D eigenvalue weighted by atomic mass is 127. The normalized spacial score (nSPS) is 27.8. The Kier molecular flexibility index (Phi) is 8.95. The fraction of sp³-hybridized carbons (Fsp3) is 0.842. The van der Waals surface area contributed by atoms with Gasteiger partial charge in [-0.05, 0) is 39.5 Å². The number of morpholine rings is 1. The van der Waals surface area contributed by atoms with Crippen LogP contribution in [-0.2, 0) is 9.53 Å². The third-order valence-corrected chi connectivity index (χ3v) is 6.19. The van der Waals surface area contributed by atoms with Crippen molar-refractivity contribution in [2.24, 2.45) is 10.9 Å². The van der Waals surface area contributed by atoms with Gasteiger partial charge in [0.05, 0.1) is 19.8 Å². The maximum atomic E-state index is 12.2. The number of halogens is 1. The number of carbonyl (C=O) groups is 2. The molecule has 3 amide bonds. The Morgan fingerprint density at radius 3 is 2.48 bits per heavy atom. The van der Waals surface area contributed by atoms with Gasteiger partial charge in [-0.25, -0.2) is 4.79 Å². The molecule has 0 saturated carbocycles. The first-order valence-electron chi connectivity index (χ1n) is 10.4. The minimum Gasteiger partial charge on any atom is -0.379 e. The molecule has 3 saturated heterocycles. The van der Waals surface area contributed by atoms with Crippen molar-refractivity contribution in [1.82, 2.24) is 25.8 Å². The van der Waals surface area contributed by atoms with Crippen molar-refractivity contribution in [3.8, 4) is 0 Å². The zero-order valence-corrected chi connectivity index (χ0v) is 20.0. The smallest absolute Gasteiger partial charge is 0.322 e. The molecule has 2 unspecified atom stereocenters. The molecular formula is C19H35IN6O3. The van der Waals surface area contributed by atoms with Crippen molar-refractivity contribution >= 4 is 41.9 Å². The maximum absolute atomic E-state index is 12.2. The summed E-state index contributed by atoms with van der Waals surface area (Å²) < 4.78 is 5.43. The predicted molar refractivity (Wildman–Crippen MR) is 123 cm³/mol. The molecule has 0 bridgehead atoms. The average molecular weight is 522 g/mol. The number of aliphatic imine (C=N–C) groups is 1. The summed E-state index contributed by atoms with van der Waals surface area (Å²) in [6, 6.07) is -0.00617. The summed E-state index contributed by atoms with van der Waals surface area (Å²) >= 11 is 0. The lowest BCUT2D eigenvalue weighted by Gasteiger charge is -2.40. The lowest BCUT2D eigenvalue weighted by molar-refractivity contribution is -0.125. The number of ether oxygens (including phenoxy) is 1. The second-order valence-corrected chi connectivity index (χ2v) is 8.06. The SMILES string of the molecule is CCNC(=NCC(C)N1CCOCC1)N1CCC(C2(C)NC(=O)NC2=O)CC1.I. The Hall–Kier alpha value is -1.14. The third-order valence-electron chi connectivity index (χ3n) is 6.19. The first-order chi connectivity index (χ1) is 13.4. The van der Waals surface area contributed by atoms with Crippen LogP contribution in [0.25, 0.3) is 0 Å². The number of amides is 3. The van der Waals surface area contributed by atoms with Crippen LogP contribution in [0.5, 0.6) is 0 Å². The van der Waals surface area contributed by atoms with Crippen LogP contribution < -0.4 is 16.0 Å². The van der Waals surface area contributed by atoms with Crippen molar-refractivity contribution in [3.63, 3.8) is 0 Å². The number of rotatable bonds is 5. The Morgan fingerprint density at radius 2 is 1.93 bits per heavy atom. The number of piperidine rings is 1. The van der Waals surface area contributed by atoms with Crippen LogP contribution in [0.15, 0.2) is 4.99 Å². The topological polar surface area (TPSA) is 98.3 Å². The van der Waals surface area contributed by atoms with Gasteiger partial charge in [0.2, 0.25) is 0 Å². The van der Waals surface area contributed by atoms with Crippen molar-refractivity contribution in [3.05, 3.63) is 0 Å². The Balaban J connectivity index is 0.00000300. The van der Waals surface area contributed by atoms with Gasteiger partial charge >= 0.3 is 6.03 Å². The monoisotopic (exact) mass is 522 g/mol. The molecule has 0 spiro atoms. The van der Waals surface area contributed by atoms with E-state index >= 15 is 0 Å². The van der Waals surface area contributed by atoms with Crippen LogP contribution in [0.3, 0.4) is 0 Å². The van der Waals surface area contributed by atoms with Gasteiger partial charge in [0.15, 0.2) is 5.96 Å². The van der Waals surface area contributed by atoms with Gasteiger partial charge < -0.3 is 20.3 Å². The number of guanidine groups is 1. The average Bonchev–Trinajstić information content (AvgIpc) is 2.98. The van der Waals surface area contributed by atoms with Gasteiger partial charge in [-0.2, -0.15) is 0 Å². The summed E-state index contributed by atoms with van der Waals surface area (Å²) in [4.78, 5) is 33.3. The number of hydrogen-bond acceptors (Lipinski definition) is 5. The molecule has 3 aliphatic heterocycles. The van der Waals surface area contributed by atoms with E-state index in [1.54, 1.807) is 0 Å². The largest absolute Gasteiger partial charge is 0.379 e. The number of urea groups is 1. The molecular weight excluding hydrogens is 487 g/mol. The highest BCUT2D eigenvalue weighted by Crippen LogP contribution is 2.30. The van der Waals surface area contributed by atoms with Gasteiger partial charge in [0.1, 0.15) is 5.54 Å². The van der Waals surface area contributed by atoms with E-state index in [2.05, 4.69) is 39.6 Å². The molecule has 29 heavy (non-hydrogen) atoms. The second-order valence-electron chi connectivity index (χ2n) is 8.06. The van der Waals surface area contributed by atoms with Gasteiger partial charge in [-0.3, -0.25) is 20.0 Å². The summed E-state index contributed by atoms with van der Waals surface area (Å²) in [5, 5.41) is 8.59. The summed E-state index contributed by atoms with van der Waals surface area (Å²) in [5.41, 5.74) is -0.802. The number of nitrogens with one attached hydrogen (secondary N) is 3. The Bertz CT molecular complexity index is 605. The highest BCUT2D eigenvalue weighted by molar-refractivity contribution is 14.0. The van der Waals surface area contributed by atoms with E-state index in [1.807, 2.05) is 6.92 Å². The molecule has 0 aliphatic carbocycles. The fourth-order valence-electron chi connectivity index (χ4n) is 4.29. The van der Waals surface area contributed by atoms with Gasteiger partial charge in [0.25, 0.3) is 5.91 Å². The molecule has 3 heterocycles. The van der Waals surface area contributed by atoms with Crippen molar-refractivity contribution in [1.29, 1.82) is 0 Å². The molecule has 0 aromatic heterocycles. The van der Waals surface area contributed by atoms with E-state index < -0.39 is 5.54 Å². The van der Waals surface area contributed by atoms with E-state index in [-0.39, 0.29) is 41.8 Å². The zero-order chi connectivity index (χ0) is 20.1. The molecule has 3 N–H and O–H groups in total. The quantitative estimate of drug-likeness (QED) is 0.212. The lowest BCUT2D eigenvalue weighted by atomic mass is 9.79. The van der Waals surface area contributed by atoms with Crippen molar-refractivity contribution in [2.75, 3.05) is 52.5 Å². The fourth-order valence-corrected chi connectivity index (χ4v) is 4.29.